The van der Waals surface area contributed by atoms with Crippen LogP contribution in [0.25, 0.3) is 12.2 Å². The number of phenols is 1. The summed E-state index contributed by atoms with van der Waals surface area (Å²) < 4.78 is 16.1. The van der Waals surface area contributed by atoms with Gasteiger partial charge in [0.05, 0.1) is 44.3 Å². The van der Waals surface area contributed by atoms with E-state index in [-0.39, 0.29) is 35.5 Å². The van der Waals surface area contributed by atoms with Crippen molar-refractivity contribution in [2.45, 2.75) is 28.5 Å². The highest BCUT2D eigenvalue weighted by atomic mass is 79.9. The summed E-state index contributed by atoms with van der Waals surface area (Å²) in [4.78, 5) is 54.4. The van der Waals surface area contributed by atoms with E-state index in [0.29, 0.717) is 28.5 Å². The molecule has 0 bridgehead atoms. The lowest BCUT2D eigenvalue weighted by atomic mass is 9.56. The summed E-state index contributed by atoms with van der Waals surface area (Å²) in [7, 11) is 4.63. The fourth-order valence-corrected chi connectivity index (χ4v) is 9.55. The Kier molecular flexibility index (Phi) is 8.96. The van der Waals surface area contributed by atoms with Crippen LogP contribution in [0.5, 0.6) is 23.0 Å². The van der Waals surface area contributed by atoms with Crippen LogP contribution in [-0.4, -0.2) is 70.2 Å². The molecular formula is C38H33BrCl2N2O8. The Morgan fingerprint density at radius 2 is 1.55 bits per heavy atom. The first-order chi connectivity index (χ1) is 24.4. The standard InChI is InChI=1S/C38H33BrCl2N2O8/c1-49-23-11-15-30(51-3)21(16-23)7-4-20-5-8-22(9-6-20)43-33(45)27-14-13-25-28(31(27)34(43)46)18-37(40)35(47)42(19-39)36(48)38(37,41)32(25)26-12-10-24(50-2)17-29(26)44/h4-13,15-17,27-28,31-32,44H,14,18-19H2,1-3H3. The molecule has 51 heavy (non-hydrogen) atoms. The molecule has 13 heteroatoms. The van der Waals surface area contributed by atoms with Gasteiger partial charge < -0.3 is 19.3 Å². The molecule has 264 valence electrons. The number of benzene rings is 3. The van der Waals surface area contributed by atoms with Crippen LogP contribution in [0, 0.1) is 17.8 Å². The van der Waals surface area contributed by atoms with Crippen LogP contribution in [0.1, 0.15) is 35.4 Å². The predicted molar refractivity (Wildman–Crippen MR) is 195 cm³/mol. The van der Waals surface area contributed by atoms with Crippen molar-refractivity contribution in [1.29, 1.82) is 0 Å². The highest BCUT2D eigenvalue weighted by Crippen LogP contribution is 2.66. The number of carbonyl (C=O) groups is 4. The first-order valence-electron chi connectivity index (χ1n) is 16.2. The highest BCUT2D eigenvalue weighted by molar-refractivity contribution is 9.09. The Bertz CT molecular complexity index is 2040. The van der Waals surface area contributed by atoms with Crippen molar-refractivity contribution >= 4 is 80.6 Å². The smallest absolute Gasteiger partial charge is 0.254 e. The number of hydrogen-bond acceptors (Lipinski definition) is 8. The number of imide groups is 2. The van der Waals surface area contributed by atoms with Crippen LogP contribution in [0.4, 0.5) is 5.69 Å². The fourth-order valence-electron chi connectivity index (χ4n) is 8.14. The van der Waals surface area contributed by atoms with Gasteiger partial charge in [-0.1, -0.05) is 57.9 Å². The van der Waals surface area contributed by atoms with Gasteiger partial charge in [0, 0.05) is 23.1 Å². The molecule has 2 aliphatic heterocycles. The van der Waals surface area contributed by atoms with E-state index in [9.17, 15) is 24.3 Å². The normalized spacial score (nSPS) is 28.5. The summed E-state index contributed by atoms with van der Waals surface area (Å²) in [6.45, 7) is 0. The minimum Gasteiger partial charge on any atom is -0.508 e. The minimum absolute atomic E-state index is 0.145. The lowest BCUT2D eigenvalue weighted by Crippen LogP contribution is -2.60. The molecule has 6 unspecified atom stereocenters. The number of aromatic hydroxyl groups is 1. The molecule has 1 N–H and O–H groups in total. The van der Waals surface area contributed by atoms with Crippen molar-refractivity contribution in [1.82, 2.24) is 4.90 Å². The van der Waals surface area contributed by atoms with Crippen LogP contribution >= 0.6 is 39.1 Å². The number of phenolic OH excluding ortho intramolecular Hbond substituents is 1. The van der Waals surface area contributed by atoms with E-state index in [1.807, 2.05) is 36.4 Å². The Balaban J connectivity index is 1.24. The lowest BCUT2D eigenvalue weighted by molar-refractivity contribution is -0.138. The average Bonchev–Trinajstić information content (AvgIpc) is 3.48. The molecule has 0 radical (unpaired) electrons. The molecule has 10 nitrogen and oxygen atoms in total. The zero-order valence-corrected chi connectivity index (χ0v) is 30.9. The maximum atomic E-state index is 14.4. The van der Waals surface area contributed by atoms with E-state index in [1.165, 1.54) is 18.1 Å². The first-order valence-corrected chi connectivity index (χ1v) is 18.1. The quantitative estimate of drug-likeness (QED) is 0.0902. The van der Waals surface area contributed by atoms with E-state index in [2.05, 4.69) is 15.9 Å². The van der Waals surface area contributed by atoms with Gasteiger partial charge in [-0.2, -0.15) is 0 Å². The first kappa shape index (κ1) is 35.1. The molecular weight excluding hydrogens is 763 g/mol. The largest absolute Gasteiger partial charge is 0.508 e. The Hall–Kier alpha value is -4.32. The number of fused-ring (bicyclic) bond motifs is 4. The van der Waals surface area contributed by atoms with Crippen molar-refractivity contribution in [2.24, 2.45) is 17.8 Å². The van der Waals surface area contributed by atoms with Crippen LogP contribution < -0.4 is 19.1 Å². The fraction of sp³-hybridized carbons (Fsp3) is 0.316. The number of ether oxygens (including phenoxy) is 3. The average molecular weight is 796 g/mol. The molecule has 2 saturated heterocycles. The number of hydrogen-bond donors (Lipinski definition) is 1. The summed E-state index contributed by atoms with van der Waals surface area (Å²) in [5.74, 6) is -4.12. The van der Waals surface area contributed by atoms with Gasteiger partial charge in [0.15, 0.2) is 9.75 Å². The second-order valence-electron chi connectivity index (χ2n) is 13.0. The number of alkyl halides is 3. The number of allylic oxidation sites excluding steroid dienone is 2. The van der Waals surface area contributed by atoms with Crippen molar-refractivity contribution in [3.8, 4) is 23.0 Å². The van der Waals surface area contributed by atoms with Crippen molar-refractivity contribution in [3.05, 3.63) is 89.0 Å². The van der Waals surface area contributed by atoms with Gasteiger partial charge in [-0.15, -0.1) is 23.2 Å². The number of anilines is 1. The molecule has 4 amide bonds. The molecule has 3 fully saturated rings. The predicted octanol–water partition coefficient (Wildman–Crippen LogP) is 6.50. The zero-order chi connectivity index (χ0) is 36.4. The third-order valence-electron chi connectivity index (χ3n) is 10.6. The second kappa shape index (κ2) is 13.0. The number of rotatable bonds is 8. The van der Waals surface area contributed by atoms with Gasteiger partial charge in [0.2, 0.25) is 11.8 Å². The van der Waals surface area contributed by atoms with E-state index < -0.39 is 51.1 Å². The number of likely N-dealkylation sites (tertiary alicyclic amines) is 1. The molecule has 2 aliphatic carbocycles. The molecule has 2 heterocycles. The summed E-state index contributed by atoms with van der Waals surface area (Å²) in [5, 5.41) is 11.2. The molecule has 4 aliphatic rings. The number of nitrogens with zero attached hydrogens (tertiary/aromatic N) is 2. The summed E-state index contributed by atoms with van der Waals surface area (Å²) >= 11 is 17.8. The Morgan fingerprint density at radius 3 is 2.20 bits per heavy atom. The third-order valence-corrected chi connectivity index (χ3v) is 12.5. The van der Waals surface area contributed by atoms with Gasteiger partial charge in [0.25, 0.3) is 11.8 Å². The third kappa shape index (κ3) is 5.18. The minimum atomic E-state index is -2.02. The van der Waals surface area contributed by atoms with Crippen LogP contribution in [0.15, 0.2) is 72.3 Å². The lowest BCUT2D eigenvalue weighted by Gasteiger charge is -2.50. The number of methoxy groups -OCH3 is 3. The van der Waals surface area contributed by atoms with E-state index >= 15 is 0 Å². The van der Waals surface area contributed by atoms with E-state index in [4.69, 9.17) is 37.4 Å². The maximum Gasteiger partial charge on any atom is 0.254 e. The van der Waals surface area contributed by atoms with Gasteiger partial charge >= 0.3 is 0 Å². The van der Waals surface area contributed by atoms with Crippen molar-refractivity contribution < 1.29 is 38.5 Å². The molecule has 1 saturated carbocycles. The zero-order valence-electron chi connectivity index (χ0n) is 27.8. The maximum absolute atomic E-state index is 14.4. The molecule has 3 aromatic rings. The van der Waals surface area contributed by atoms with E-state index in [0.717, 1.165) is 16.0 Å². The monoisotopic (exact) mass is 794 g/mol. The van der Waals surface area contributed by atoms with Gasteiger partial charge in [-0.25, -0.2) is 0 Å². The van der Waals surface area contributed by atoms with Crippen LogP contribution in [-0.2, 0) is 19.2 Å². The topological polar surface area (TPSA) is 123 Å². The molecule has 3 aromatic carbocycles. The van der Waals surface area contributed by atoms with E-state index in [1.54, 1.807) is 50.6 Å². The second-order valence-corrected chi connectivity index (χ2v) is 14.7. The molecule has 6 atom stereocenters. The molecule has 7 rings (SSSR count). The van der Waals surface area contributed by atoms with Crippen LogP contribution in [0.2, 0.25) is 0 Å². The van der Waals surface area contributed by atoms with Gasteiger partial charge in [0.1, 0.15) is 23.0 Å². The summed E-state index contributed by atoms with van der Waals surface area (Å²) in [5.41, 5.74) is 2.73. The molecule has 0 aromatic heterocycles. The van der Waals surface area contributed by atoms with Gasteiger partial charge in [-0.05, 0) is 60.7 Å². The van der Waals surface area contributed by atoms with Gasteiger partial charge in [-0.3, -0.25) is 29.0 Å². The van der Waals surface area contributed by atoms with Crippen LogP contribution in [0.3, 0.4) is 0 Å². The SMILES string of the molecule is COc1ccc(C2C3=CCC4C(=O)N(c5ccc(C=Cc6cc(OC)ccc6OC)cc5)C(=O)C4C3CC3(Cl)C(=O)N(CBr)C(=O)C23Cl)c(O)c1. The van der Waals surface area contributed by atoms with Crippen molar-refractivity contribution in [3.63, 3.8) is 0 Å². The Labute approximate surface area is 312 Å². The number of halogens is 3. The summed E-state index contributed by atoms with van der Waals surface area (Å²) in [6, 6.07) is 17.1. The Morgan fingerprint density at radius 1 is 0.863 bits per heavy atom. The summed E-state index contributed by atoms with van der Waals surface area (Å²) in [6.07, 6.45) is 5.63. The number of carbonyl (C=O) groups excluding carboxylic acids is 4. The van der Waals surface area contributed by atoms with Crippen molar-refractivity contribution in [2.75, 3.05) is 31.7 Å². The molecule has 0 spiro atoms. The number of amides is 4. The highest BCUT2D eigenvalue weighted by Gasteiger charge is 2.76.